The third kappa shape index (κ3) is 6.71. The minimum atomic E-state index is -1.66. The first-order valence-electron chi connectivity index (χ1n) is 11.2. The van der Waals surface area contributed by atoms with E-state index < -0.39 is 18.6 Å². The molecule has 0 aliphatic heterocycles. The van der Waals surface area contributed by atoms with Crippen LogP contribution in [0.1, 0.15) is 61.8 Å². The first kappa shape index (κ1) is 24.7. The molecule has 31 heavy (non-hydrogen) atoms. The van der Waals surface area contributed by atoms with Gasteiger partial charge in [-0.2, -0.15) is 0 Å². The predicted octanol–water partition coefficient (Wildman–Crippen LogP) is 5.84. The molecule has 0 radical (unpaired) electrons. The van der Waals surface area contributed by atoms with Crippen LogP contribution in [0.15, 0.2) is 60.0 Å². The zero-order valence-corrected chi connectivity index (χ0v) is 18.7. The molecule has 0 atom stereocenters. The van der Waals surface area contributed by atoms with E-state index in [0.29, 0.717) is 0 Å². The summed E-state index contributed by atoms with van der Waals surface area (Å²) in [4.78, 5) is 0. The maximum atomic E-state index is 10.8. The van der Waals surface area contributed by atoms with Gasteiger partial charge in [0.1, 0.15) is 16.9 Å². The number of aliphatic hydroxyl groups excluding tert-OH is 4. The molecule has 168 valence electrons. The Bertz CT molecular complexity index is 774. The van der Waals surface area contributed by atoms with E-state index in [9.17, 15) is 20.4 Å². The lowest BCUT2D eigenvalue weighted by molar-refractivity contribution is 0.0487. The molecule has 4 heteroatoms. The second kappa shape index (κ2) is 12.3. The van der Waals surface area contributed by atoms with Crippen molar-refractivity contribution in [2.75, 3.05) is 13.2 Å². The van der Waals surface area contributed by atoms with Gasteiger partial charge in [-0.15, -0.1) is 0 Å². The van der Waals surface area contributed by atoms with Crippen molar-refractivity contribution in [1.82, 2.24) is 0 Å². The molecule has 4 nitrogen and oxygen atoms in total. The van der Waals surface area contributed by atoms with E-state index in [1.807, 2.05) is 48.5 Å². The van der Waals surface area contributed by atoms with Crippen molar-refractivity contribution in [2.45, 2.75) is 52.4 Å². The molecule has 0 aromatic heterocycles. The van der Waals surface area contributed by atoms with Crippen molar-refractivity contribution in [1.29, 1.82) is 0 Å². The molecule has 0 heterocycles. The molecular formula is C27H36O4. The Morgan fingerprint density at radius 1 is 0.677 bits per heavy atom. The predicted molar refractivity (Wildman–Crippen MR) is 128 cm³/mol. The molecule has 0 aliphatic carbocycles. The molecule has 2 aromatic carbocycles. The minimum Gasteiger partial charge on any atom is -0.511 e. The number of rotatable bonds is 12. The zero-order valence-electron chi connectivity index (χ0n) is 18.7. The van der Waals surface area contributed by atoms with Crippen molar-refractivity contribution >= 4 is 12.2 Å². The van der Waals surface area contributed by atoms with E-state index >= 15 is 0 Å². The Hall–Kier alpha value is -2.56. The smallest absolute Gasteiger partial charge is 0.130 e. The van der Waals surface area contributed by atoms with Crippen LogP contribution in [0.2, 0.25) is 0 Å². The third-order valence-electron chi connectivity index (χ3n) is 5.72. The van der Waals surface area contributed by atoms with Gasteiger partial charge in [0.15, 0.2) is 0 Å². The van der Waals surface area contributed by atoms with Gasteiger partial charge in [-0.05, 0) is 60.1 Å². The summed E-state index contributed by atoms with van der Waals surface area (Å²) in [5, 5.41) is 41.5. The van der Waals surface area contributed by atoms with Gasteiger partial charge >= 0.3 is 0 Å². The van der Waals surface area contributed by atoms with Crippen LogP contribution in [0.5, 0.6) is 0 Å². The molecular weight excluding hydrogens is 388 g/mol. The van der Waals surface area contributed by atoms with Gasteiger partial charge in [0.25, 0.3) is 0 Å². The van der Waals surface area contributed by atoms with Crippen molar-refractivity contribution in [3.05, 3.63) is 82.3 Å². The molecule has 0 fully saturated rings. The first-order valence-corrected chi connectivity index (χ1v) is 11.2. The lowest BCUT2D eigenvalue weighted by Gasteiger charge is -2.28. The fraction of sp³-hybridized carbons (Fsp3) is 0.407. The fourth-order valence-corrected chi connectivity index (χ4v) is 3.42. The van der Waals surface area contributed by atoms with Gasteiger partial charge in [0, 0.05) is 0 Å². The molecule has 0 amide bonds. The molecule has 0 aliphatic rings. The highest BCUT2D eigenvalue weighted by atomic mass is 16.3. The molecule has 0 unspecified atom stereocenters. The Labute approximate surface area is 186 Å². The van der Waals surface area contributed by atoms with Crippen molar-refractivity contribution < 1.29 is 20.4 Å². The highest BCUT2D eigenvalue weighted by Crippen LogP contribution is 2.34. The average molecular weight is 425 g/mol. The molecule has 2 aromatic rings. The number of benzene rings is 2. The number of aliphatic hydroxyl groups is 4. The van der Waals surface area contributed by atoms with Gasteiger partial charge in [0.05, 0.1) is 13.2 Å². The van der Waals surface area contributed by atoms with Crippen LogP contribution in [-0.2, 0) is 12.8 Å². The lowest BCUT2D eigenvalue weighted by atomic mass is 9.83. The molecule has 0 saturated heterocycles. The van der Waals surface area contributed by atoms with E-state index in [2.05, 4.69) is 13.8 Å². The van der Waals surface area contributed by atoms with E-state index in [1.54, 1.807) is 0 Å². The van der Waals surface area contributed by atoms with Crippen LogP contribution in [0.3, 0.4) is 0 Å². The molecule has 0 saturated carbocycles. The Morgan fingerprint density at radius 2 is 1.03 bits per heavy atom. The summed E-state index contributed by atoms with van der Waals surface area (Å²) in [7, 11) is 0. The Kier molecular flexibility index (Phi) is 9.83. The monoisotopic (exact) mass is 424 g/mol. The van der Waals surface area contributed by atoms with Crippen LogP contribution < -0.4 is 0 Å². The summed E-state index contributed by atoms with van der Waals surface area (Å²) in [6.07, 6.45) is 9.47. The van der Waals surface area contributed by atoms with E-state index in [4.69, 9.17) is 0 Å². The number of aryl methyl sites for hydroxylation is 2. The van der Waals surface area contributed by atoms with E-state index in [-0.39, 0.29) is 11.5 Å². The molecule has 2 rings (SSSR count). The molecule has 0 bridgehead atoms. The van der Waals surface area contributed by atoms with Crippen LogP contribution in [-0.4, -0.2) is 33.6 Å². The summed E-state index contributed by atoms with van der Waals surface area (Å²) < 4.78 is 0. The first-order chi connectivity index (χ1) is 15.0. The maximum absolute atomic E-state index is 10.8. The topological polar surface area (TPSA) is 80.9 Å². The van der Waals surface area contributed by atoms with Crippen molar-refractivity contribution in [3.63, 3.8) is 0 Å². The van der Waals surface area contributed by atoms with E-state index in [0.717, 1.165) is 49.7 Å². The number of hydrogen-bond acceptors (Lipinski definition) is 4. The highest BCUT2D eigenvalue weighted by molar-refractivity contribution is 5.58. The average Bonchev–Trinajstić information content (AvgIpc) is 2.79. The second-order valence-corrected chi connectivity index (χ2v) is 8.15. The van der Waals surface area contributed by atoms with Gasteiger partial charge in [-0.1, -0.05) is 75.2 Å². The largest absolute Gasteiger partial charge is 0.511 e. The van der Waals surface area contributed by atoms with Gasteiger partial charge < -0.3 is 20.4 Å². The van der Waals surface area contributed by atoms with Crippen LogP contribution in [0, 0.1) is 5.41 Å². The third-order valence-corrected chi connectivity index (χ3v) is 5.72. The second-order valence-electron chi connectivity index (χ2n) is 8.15. The number of hydrogen-bond donors (Lipinski definition) is 4. The fourth-order valence-electron chi connectivity index (χ4n) is 3.42. The normalized spacial score (nSPS) is 12.9. The maximum Gasteiger partial charge on any atom is 0.130 e. The molecule has 4 N–H and O–H groups in total. The van der Waals surface area contributed by atoms with Gasteiger partial charge in [0.2, 0.25) is 0 Å². The summed E-state index contributed by atoms with van der Waals surface area (Å²) in [5.74, 6) is -0.570. The van der Waals surface area contributed by atoms with E-state index in [1.165, 1.54) is 23.3 Å². The quantitative estimate of drug-likeness (QED) is 0.323. The summed E-state index contributed by atoms with van der Waals surface area (Å²) in [6, 6.07) is 15.6. The summed E-state index contributed by atoms with van der Waals surface area (Å²) in [5.41, 5.74) is 2.24. The molecule has 0 spiro atoms. The SMILES string of the molecule is CCCCc1ccc(C=C(O)C(CO)(CO)C(O)=Cc2ccc(CCCC)cc2)cc1. The van der Waals surface area contributed by atoms with Crippen LogP contribution in [0.4, 0.5) is 0 Å². The Balaban J connectivity index is 2.25. The van der Waals surface area contributed by atoms with Crippen LogP contribution >= 0.6 is 0 Å². The summed E-state index contributed by atoms with van der Waals surface area (Å²) in [6.45, 7) is 3.05. The summed E-state index contributed by atoms with van der Waals surface area (Å²) >= 11 is 0. The highest BCUT2D eigenvalue weighted by Gasteiger charge is 2.38. The minimum absolute atomic E-state index is 0.285. The number of unbranched alkanes of at least 4 members (excludes halogenated alkanes) is 2. The van der Waals surface area contributed by atoms with Crippen molar-refractivity contribution in [3.8, 4) is 0 Å². The standard InChI is InChI=1S/C27H36O4/c1-3-5-7-21-9-13-23(14-10-21)17-25(30)27(19-28,20-29)26(31)18-24-15-11-22(12-16-24)8-6-4-2/h9-18,28-31H,3-8,19-20H2,1-2H3. The van der Waals surface area contributed by atoms with Crippen molar-refractivity contribution in [2.24, 2.45) is 5.41 Å². The van der Waals surface area contributed by atoms with Gasteiger partial charge in [-0.3, -0.25) is 0 Å². The lowest BCUT2D eigenvalue weighted by Crippen LogP contribution is -2.34. The van der Waals surface area contributed by atoms with Gasteiger partial charge in [-0.25, -0.2) is 0 Å². The van der Waals surface area contributed by atoms with Crippen LogP contribution in [0.25, 0.3) is 12.2 Å². The zero-order chi connectivity index (χ0) is 22.7. The Morgan fingerprint density at radius 3 is 1.32 bits per heavy atom.